The molecule has 0 saturated heterocycles. The first-order chi connectivity index (χ1) is 18.4. The Labute approximate surface area is 231 Å². The largest absolute Gasteiger partial charge is 0.245 e. The van der Waals surface area contributed by atoms with Gasteiger partial charge in [-0.15, -0.1) is 0 Å². The molecule has 0 atom stereocenters. The molecule has 3 aromatic carbocycles. The van der Waals surface area contributed by atoms with E-state index in [4.69, 9.17) is 15.0 Å². The van der Waals surface area contributed by atoms with E-state index >= 15 is 0 Å². The highest BCUT2D eigenvalue weighted by Crippen LogP contribution is 2.38. The summed E-state index contributed by atoms with van der Waals surface area (Å²) in [5.41, 5.74) is 11.6. The lowest BCUT2D eigenvalue weighted by Gasteiger charge is -2.25. The topological polar surface area (TPSA) is 42.6 Å². The van der Waals surface area contributed by atoms with Gasteiger partial charge in [-0.1, -0.05) is 94.9 Å². The smallest absolute Gasteiger partial charge is 0.217 e. The fraction of sp³-hybridized carbons (Fsp3) is 0.294. The van der Waals surface area contributed by atoms with E-state index in [9.17, 15) is 0 Å². The van der Waals surface area contributed by atoms with Gasteiger partial charge in [-0.05, 0) is 40.5 Å². The summed E-state index contributed by atoms with van der Waals surface area (Å²) >= 11 is 0. The first-order valence-corrected chi connectivity index (χ1v) is 13.9. The Kier molecular flexibility index (Phi) is 4.87. The van der Waals surface area contributed by atoms with Crippen molar-refractivity contribution < 1.29 is 4.57 Å². The second-order valence-corrected chi connectivity index (χ2v) is 13.4. The van der Waals surface area contributed by atoms with E-state index in [1.165, 1.54) is 55.1 Å². The van der Waals surface area contributed by atoms with Crippen LogP contribution >= 0.6 is 0 Å². The summed E-state index contributed by atoms with van der Waals surface area (Å²) in [6, 6.07) is 20.4. The molecule has 4 heterocycles. The van der Waals surface area contributed by atoms with Crippen molar-refractivity contribution in [1.82, 2.24) is 15.0 Å². The molecule has 0 amide bonds. The monoisotopic (exact) mass is 509 g/mol. The molecule has 5 aromatic rings. The van der Waals surface area contributed by atoms with E-state index in [2.05, 4.69) is 121 Å². The van der Waals surface area contributed by atoms with Crippen LogP contribution in [0.25, 0.3) is 44.5 Å². The summed E-state index contributed by atoms with van der Waals surface area (Å²) in [5.74, 6) is 2.43. The number of nitrogens with zero attached hydrogens (tertiary/aromatic N) is 4. The van der Waals surface area contributed by atoms with Crippen molar-refractivity contribution in [3.05, 3.63) is 78.0 Å². The van der Waals surface area contributed by atoms with Gasteiger partial charge in [0.25, 0.3) is 0 Å². The molecule has 5 heteroatoms. The lowest BCUT2D eigenvalue weighted by molar-refractivity contribution is -0.659. The van der Waals surface area contributed by atoms with E-state index in [1.807, 2.05) is 0 Å². The normalized spacial score (nSPS) is 13.6. The number of hydrogen-bond acceptors (Lipinski definition) is 3. The van der Waals surface area contributed by atoms with Crippen LogP contribution < -0.4 is 21.0 Å². The number of hydrogen-bond donors (Lipinski definition) is 0. The second-order valence-electron chi connectivity index (χ2n) is 13.4. The molecule has 39 heavy (non-hydrogen) atoms. The number of aromatic nitrogens is 4. The van der Waals surface area contributed by atoms with Crippen molar-refractivity contribution in [2.45, 2.75) is 59.3 Å². The molecule has 2 aromatic heterocycles. The van der Waals surface area contributed by atoms with E-state index in [-0.39, 0.29) is 17.5 Å². The molecule has 2 aliphatic heterocycles. The Morgan fingerprint density at radius 3 is 2.13 bits per heavy atom. The molecular weight excluding hydrogens is 475 g/mol. The minimum absolute atomic E-state index is 0.181. The van der Waals surface area contributed by atoms with Crippen LogP contribution in [0.15, 0.2) is 60.8 Å². The third-order valence-corrected chi connectivity index (χ3v) is 8.35. The summed E-state index contributed by atoms with van der Waals surface area (Å²) < 4.78 is 2.30. The summed E-state index contributed by atoms with van der Waals surface area (Å²) in [6.45, 7) is 15.5. The third-order valence-electron chi connectivity index (χ3n) is 8.35. The highest BCUT2D eigenvalue weighted by Gasteiger charge is 2.43. The van der Waals surface area contributed by atoms with Crippen LogP contribution in [-0.2, 0) is 17.9 Å². The van der Waals surface area contributed by atoms with E-state index in [0.717, 1.165) is 23.0 Å². The SMILES string of the molecule is Cc1ccc2c3c1-c1c4c(cc(-c5nc(C(C)(C)C)nc(C(C)(C)C)n5)cc4cc[n+]1C)B3c1ccccc1-2. The maximum absolute atomic E-state index is 5.07. The maximum Gasteiger partial charge on any atom is 0.245 e. The molecule has 0 radical (unpaired) electrons. The molecule has 2 aliphatic rings. The van der Waals surface area contributed by atoms with Crippen LogP contribution in [0.1, 0.15) is 58.8 Å². The van der Waals surface area contributed by atoms with Crippen LogP contribution in [-0.4, -0.2) is 21.7 Å². The van der Waals surface area contributed by atoms with Crippen molar-refractivity contribution in [3.8, 4) is 33.8 Å². The minimum Gasteiger partial charge on any atom is -0.217 e. The van der Waals surface area contributed by atoms with Gasteiger partial charge in [0.2, 0.25) is 12.4 Å². The Balaban J connectivity index is 1.59. The fourth-order valence-electron chi connectivity index (χ4n) is 6.42. The zero-order chi connectivity index (χ0) is 27.4. The number of pyridine rings is 1. The average Bonchev–Trinajstić information content (AvgIpc) is 3.22. The van der Waals surface area contributed by atoms with Crippen LogP contribution in [0.2, 0.25) is 0 Å². The van der Waals surface area contributed by atoms with Crippen LogP contribution in [0.5, 0.6) is 0 Å². The Hall–Kier alpha value is -3.86. The summed E-state index contributed by atoms with van der Waals surface area (Å²) in [7, 11) is 2.17. The van der Waals surface area contributed by atoms with Gasteiger partial charge in [-0.3, -0.25) is 0 Å². The predicted octanol–water partition coefficient (Wildman–Crippen LogP) is 4.90. The number of rotatable bonds is 1. The van der Waals surface area contributed by atoms with Crippen LogP contribution in [0, 0.1) is 6.92 Å². The van der Waals surface area contributed by atoms with E-state index in [1.54, 1.807) is 0 Å². The molecule has 0 spiro atoms. The molecule has 0 unspecified atom stereocenters. The highest BCUT2D eigenvalue weighted by molar-refractivity contribution is 7.02. The molecule has 192 valence electrons. The molecule has 0 bridgehead atoms. The highest BCUT2D eigenvalue weighted by atomic mass is 15.1. The van der Waals surface area contributed by atoms with Gasteiger partial charge < -0.3 is 0 Å². The number of benzene rings is 3. The van der Waals surface area contributed by atoms with Crippen LogP contribution in [0.4, 0.5) is 0 Å². The Bertz CT molecular complexity index is 1820. The third kappa shape index (κ3) is 3.45. The van der Waals surface area contributed by atoms with Gasteiger partial charge in [0, 0.05) is 33.4 Å². The number of fused-ring (bicyclic) bond motifs is 5. The lowest BCUT2D eigenvalue weighted by Crippen LogP contribution is -2.54. The standard InChI is InChI=1S/C34H34BN4/c1-19-13-14-23-22-11-9-10-12-24(22)35-25-18-21(17-20-15-16-39(8)29(27(20)25)26(19)28(23)35)30-36-31(33(2,3)4)38-32(37-30)34(5,6)7/h9-18H,1-8H3/q+1. The van der Waals surface area contributed by atoms with Crippen molar-refractivity contribution in [2.24, 2.45) is 7.05 Å². The van der Waals surface area contributed by atoms with Crippen molar-refractivity contribution >= 4 is 33.9 Å². The Morgan fingerprint density at radius 1 is 0.744 bits per heavy atom. The molecule has 0 N–H and O–H groups in total. The fourth-order valence-corrected chi connectivity index (χ4v) is 6.42. The van der Waals surface area contributed by atoms with Gasteiger partial charge in [0.05, 0.1) is 0 Å². The Morgan fingerprint density at radius 2 is 1.44 bits per heavy atom. The first-order valence-electron chi connectivity index (χ1n) is 13.9. The van der Waals surface area contributed by atoms with Crippen molar-refractivity contribution in [2.75, 3.05) is 0 Å². The van der Waals surface area contributed by atoms with Gasteiger partial charge in [0.1, 0.15) is 18.7 Å². The minimum atomic E-state index is -0.181. The van der Waals surface area contributed by atoms with Gasteiger partial charge >= 0.3 is 0 Å². The average molecular weight is 509 g/mol. The maximum atomic E-state index is 5.07. The molecule has 7 rings (SSSR count). The number of aryl methyl sites for hydroxylation is 2. The molecule has 4 nitrogen and oxygen atoms in total. The molecular formula is C34H34BN4+. The summed E-state index contributed by atoms with van der Waals surface area (Å²) in [4.78, 5) is 15.1. The lowest BCUT2D eigenvalue weighted by atomic mass is 9.35. The summed E-state index contributed by atoms with van der Waals surface area (Å²) in [6.07, 6.45) is 2.20. The van der Waals surface area contributed by atoms with Gasteiger partial charge in [-0.25, -0.2) is 19.5 Å². The quantitative estimate of drug-likeness (QED) is 0.234. The molecule has 0 aliphatic carbocycles. The van der Waals surface area contributed by atoms with Crippen LogP contribution in [0.3, 0.4) is 0 Å². The van der Waals surface area contributed by atoms with E-state index in [0.29, 0.717) is 0 Å². The van der Waals surface area contributed by atoms with Gasteiger partial charge in [0.15, 0.2) is 12.0 Å². The van der Waals surface area contributed by atoms with Crippen molar-refractivity contribution in [3.63, 3.8) is 0 Å². The molecule has 0 saturated carbocycles. The van der Waals surface area contributed by atoms with Gasteiger partial charge in [-0.2, -0.15) is 0 Å². The first kappa shape index (κ1) is 24.2. The molecule has 0 fully saturated rings. The van der Waals surface area contributed by atoms with E-state index < -0.39 is 0 Å². The summed E-state index contributed by atoms with van der Waals surface area (Å²) in [5, 5.41) is 2.56. The zero-order valence-electron chi connectivity index (χ0n) is 24.1. The van der Waals surface area contributed by atoms with Crippen molar-refractivity contribution in [1.29, 1.82) is 0 Å². The zero-order valence-corrected chi connectivity index (χ0v) is 24.1. The second kappa shape index (κ2) is 7.85. The predicted molar refractivity (Wildman–Crippen MR) is 162 cm³/mol.